The molecule has 0 aliphatic rings. The van der Waals surface area contributed by atoms with E-state index in [9.17, 15) is 18.0 Å². The van der Waals surface area contributed by atoms with E-state index in [2.05, 4.69) is 5.32 Å². The predicted octanol–water partition coefficient (Wildman–Crippen LogP) is 6.36. The van der Waals surface area contributed by atoms with E-state index in [0.717, 1.165) is 9.87 Å². The SMILES string of the molecule is COc1cccc(CN(C(=O)CN(c2cc(Cl)ccc2Cl)S(=O)(=O)c2ccccc2)C(Cc2ccccc2)C(=O)NC(C)C)c1. The number of benzene rings is 4. The number of sulfonamides is 1. The van der Waals surface area contributed by atoms with Crippen molar-refractivity contribution in [1.29, 1.82) is 0 Å². The Morgan fingerprint density at radius 2 is 1.49 bits per heavy atom. The van der Waals surface area contributed by atoms with Gasteiger partial charge >= 0.3 is 0 Å². The maximum Gasteiger partial charge on any atom is 0.264 e. The second kappa shape index (κ2) is 15.3. The molecule has 11 heteroatoms. The molecule has 1 N–H and O–H groups in total. The number of nitrogens with zero attached hydrogens (tertiary/aromatic N) is 2. The van der Waals surface area contributed by atoms with E-state index in [-0.39, 0.29) is 45.5 Å². The van der Waals surface area contributed by atoms with Crippen LogP contribution >= 0.6 is 23.2 Å². The monoisotopic (exact) mass is 667 g/mol. The van der Waals surface area contributed by atoms with Crippen LogP contribution in [0.1, 0.15) is 25.0 Å². The van der Waals surface area contributed by atoms with Crippen LogP contribution in [0.2, 0.25) is 10.0 Å². The van der Waals surface area contributed by atoms with Crippen LogP contribution in [0.4, 0.5) is 5.69 Å². The summed E-state index contributed by atoms with van der Waals surface area (Å²) >= 11 is 12.8. The van der Waals surface area contributed by atoms with E-state index in [1.54, 1.807) is 36.4 Å². The van der Waals surface area contributed by atoms with Gasteiger partial charge in [-0.15, -0.1) is 0 Å². The van der Waals surface area contributed by atoms with Crippen molar-refractivity contribution in [2.45, 2.75) is 43.8 Å². The van der Waals surface area contributed by atoms with Gasteiger partial charge in [-0.1, -0.05) is 83.9 Å². The number of nitrogens with one attached hydrogen (secondary N) is 1. The number of carbonyl (C=O) groups is 2. The Kier molecular flexibility index (Phi) is 11.5. The molecule has 4 aromatic rings. The summed E-state index contributed by atoms with van der Waals surface area (Å²) in [5.74, 6) is -0.415. The van der Waals surface area contributed by atoms with Gasteiger partial charge in [0.25, 0.3) is 10.0 Å². The maximum atomic E-state index is 14.5. The Balaban J connectivity index is 1.84. The summed E-state index contributed by atoms with van der Waals surface area (Å²) in [6.45, 7) is 3.02. The first-order valence-electron chi connectivity index (χ1n) is 14.3. The molecule has 0 fully saturated rings. The zero-order valence-electron chi connectivity index (χ0n) is 25.2. The fourth-order valence-electron chi connectivity index (χ4n) is 4.81. The number of halogens is 2. The molecule has 0 bridgehead atoms. The Labute approximate surface area is 274 Å². The molecule has 1 atom stereocenters. The number of hydrogen-bond acceptors (Lipinski definition) is 5. The Hall–Kier alpha value is -4.05. The third-order valence-electron chi connectivity index (χ3n) is 6.98. The molecule has 2 amide bonds. The van der Waals surface area contributed by atoms with Crippen molar-refractivity contribution in [2.24, 2.45) is 0 Å². The van der Waals surface area contributed by atoms with Gasteiger partial charge in [-0.2, -0.15) is 0 Å². The molecule has 4 aromatic carbocycles. The van der Waals surface area contributed by atoms with E-state index in [1.807, 2.05) is 50.2 Å². The van der Waals surface area contributed by atoms with Gasteiger partial charge in [-0.3, -0.25) is 13.9 Å². The van der Waals surface area contributed by atoms with Gasteiger partial charge in [0.2, 0.25) is 11.8 Å². The van der Waals surface area contributed by atoms with E-state index in [0.29, 0.717) is 11.3 Å². The molecule has 1 unspecified atom stereocenters. The molecule has 236 valence electrons. The topological polar surface area (TPSA) is 96.0 Å². The minimum atomic E-state index is -4.31. The zero-order valence-corrected chi connectivity index (χ0v) is 27.5. The largest absolute Gasteiger partial charge is 0.497 e. The lowest BCUT2D eigenvalue weighted by Gasteiger charge is -2.34. The Morgan fingerprint density at radius 3 is 2.13 bits per heavy atom. The summed E-state index contributed by atoms with van der Waals surface area (Å²) in [4.78, 5) is 29.7. The number of rotatable bonds is 13. The lowest BCUT2D eigenvalue weighted by atomic mass is 10.0. The molecule has 0 radical (unpaired) electrons. The van der Waals surface area contributed by atoms with E-state index in [1.165, 1.54) is 42.3 Å². The predicted molar refractivity (Wildman–Crippen MR) is 178 cm³/mol. The van der Waals surface area contributed by atoms with E-state index < -0.39 is 28.5 Å². The molecule has 0 saturated heterocycles. The van der Waals surface area contributed by atoms with Gasteiger partial charge in [0.1, 0.15) is 18.3 Å². The van der Waals surface area contributed by atoms with Crippen molar-refractivity contribution in [3.63, 3.8) is 0 Å². The van der Waals surface area contributed by atoms with Crippen LogP contribution in [0.25, 0.3) is 0 Å². The summed E-state index contributed by atoms with van der Waals surface area (Å²) in [5.41, 5.74) is 1.56. The molecule has 45 heavy (non-hydrogen) atoms. The smallest absolute Gasteiger partial charge is 0.264 e. The van der Waals surface area contributed by atoms with Crippen molar-refractivity contribution >= 4 is 50.7 Å². The number of anilines is 1. The summed E-state index contributed by atoms with van der Waals surface area (Å²) in [7, 11) is -2.77. The van der Waals surface area contributed by atoms with Crippen LogP contribution in [0.3, 0.4) is 0 Å². The summed E-state index contributed by atoms with van der Waals surface area (Å²) in [5, 5.41) is 3.26. The van der Waals surface area contributed by atoms with Crippen LogP contribution in [0.15, 0.2) is 108 Å². The molecule has 0 aromatic heterocycles. The van der Waals surface area contributed by atoms with Crippen molar-refractivity contribution in [3.8, 4) is 5.75 Å². The van der Waals surface area contributed by atoms with E-state index >= 15 is 0 Å². The highest BCUT2D eigenvalue weighted by atomic mass is 35.5. The molecular formula is C34H35Cl2N3O5S. The molecule has 0 aliphatic carbocycles. The van der Waals surface area contributed by atoms with Crippen LogP contribution in [0.5, 0.6) is 5.75 Å². The maximum absolute atomic E-state index is 14.5. The molecule has 4 rings (SSSR count). The average molecular weight is 669 g/mol. The van der Waals surface area contributed by atoms with Gasteiger partial charge in [0.05, 0.1) is 22.7 Å². The summed E-state index contributed by atoms with van der Waals surface area (Å²) < 4.78 is 34.5. The molecule has 0 saturated carbocycles. The number of ether oxygens (including phenoxy) is 1. The number of carbonyl (C=O) groups excluding carboxylic acids is 2. The summed E-state index contributed by atoms with van der Waals surface area (Å²) in [6.07, 6.45) is 0.193. The van der Waals surface area contributed by atoms with Crippen LogP contribution in [0, 0.1) is 0 Å². The third kappa shape index (κ3) is 8.78. The van der Waals surface area contributed by atoms with Gasteiger partial charge in [0, 0.05) is 24.0 Å². The van der Waals surface area contributed by atoms with Gasteiger partial charge in [-0.25, -0.2) is 8.42 Å². The first kappa shape index (κ1) is 33.8. The first-order chi connectivity index (χ1) is 21.5. The number of hydrogen-bond donors (Lipinski definition) is 1. The zero-order chi connectivity index (χ0) is 32.6. The van der Waals surface area contributed by atoms with Crippen molar-refractivity contribution in [1.82, 2.24) is 10.2 Å². The van der Waals surface area contributed by atoms with Crippen molar-refractivity contribution in [2.75, 3.05) is 18.0 Å². The molecule has 0 heterocycles. The first-order valence-corrected chi connectivity index (χ1v) is 16.5. The quantitative estimate of drug-likeness (QED) is 0.179. The number of methoxy groups -OCH3 is 1. The minimum Gasteiger partial charge on any atom is -0.497 e. The van der Waals surface area contributed by atoms with Crippen molar-refractivity contribution < 1.29 is 22.7 Å². The standard InChI is InChI=1S/C34H35Cl2N3O5S/c1-24(2)37-34(41)32(20-25-11-6-4-7-12-25)38(22-26-13-10-14-28(19-26)44-3)33(40)23-39(31-21-27(35)17-18-30(31)36)45(42,43)29-15-8-5-9-16-29/h4-19,21,24,32H,20,22-23H2,1-3H3,(H,37,41). The fraction of sp³-hybridized carbons (Fsp3) is 0.235. The lowest BCUT2D eigenvalue weighted by molar-refractivity contribution is -0.140. The van der Waals surface area contributed by atoms with Gasteiger partial charge in [-0.05, 0) is 67.4 Å². The van der Waals surface area contributed by atoms with Gasteiger partial charge < -0.3 is 15.0 Å². The number of amides is 2. The molecular weight excluding hydrogens is 633 g/mol. The summed E-state index contributed by atoms with van der Waals surface area (Å²) in [6, 6.07) is 27.5. The average Bonchev–Trinajstić information content (AvgIpc) is 3.03. The minimum absolute atomic E-state index is 0.00154. The van der Waals surface area contributed by atoms with Crippen LogP contribution < -0.4 is 14.4 Å². The second-order valence-corrected chi connectivity index (χ2v) is 13.4. The van der Waals surface area contributed by atoms with E-state index in [4.69, 9.17) is 27.9 Å². The van der Waals surface area contributed by atoms with Crippen LogP contribution in [-0.4, -0.2) is 50.9 Å². The highest BCUT2D eigenvalue weighted by Gasteiger charge is 2.35. The third-order valence-corrected chi connectivity index (χ3v) is 9.30. The Bertz CT molecular complexity index is 1720. The lowest BCUT2D eigenvalue weighted by Crippen LogP contribution is -2.54. The molecule has 8 nitrogen and oxygen atoms in total. The molecule has 0 spiro atoms. The van der Waals surface area contributed by atoms with Crippen LogP contribution in [-0.2, 0) is 32.6 Å². The highest BCUT2D eigenvalue weighted by Crippen LogP contribution is 2.33. The molecule has 0 aliphatic heterocycles. The second-order valence-electron chi connectivity index (χ2n) is 10.7. The highest BCUT2D eigenvalue weighted by molar-refractivity contribution is 7.92. The Morgan fingerprint density at radius 1 is 0.844 bits per heavy atom. The van der Waals surface area contributed by atoms with Gasteiger partial charge in [0.15, 0.2) is 0 Å². The van der Waals surface area contributed by atoms with Crippen molar-refractivity contribution in [3.05, 3.63) is 124 Å². The fourth-order valence-corrected chi connectivity index (χ4v) is 6.69. The normalized spacial score (nSPS) is 12.0.